The van der Waals surface area contributed by atoms with Crippen LogP contribution in [0.15, 0.2) is 28.7 Å². The summed E-state index contributed by atoms with van der Waals surface area (Å²) in [6.07, 6.45) is 0.379. The fourth-order valence-electron chi connectivity index (χ4n) is 1.56. The second-order valence-corrected chi connectivity index (χ2v) is 4.72. The Kier molecular flexibility index (Phi) is 5.15. The SMILES string of the molecule is O=C(O)CCC(Cc1cccc(Br)c1)C(=O)O. The fourth-order valence-corrected chi connectivity index (χ4v) is 2.01. The maximum absolute atomic E-state index is 11.0. The van der Waals surface area contributed by atoms with Gasteiger partial charge in [0.1, 0.15) is 0 Å². The third kappa shape index (κ3) is 4.99. The second-order valence-electron chi connectivity index (χ2n) is 3.80. The standard InChI is InChI=1S/C12H13BrO4/c13-10-3-1-2-8(7-10)6-9(12(16)17)4-5-11(14)15/h1-3,7,9H,4-6H2,(H,14,15)(H,16,17). The molecule has 0 aliphatic rings. The smallest absolute Gasteiger partial charge is 0.306 e. The molecule has 2 N–H and O–H groups in total. The van der Waals surface area contributed by atoms with Gasteiger partial charge in [0.25, 0.3) is 0 Å². The Morgan fingerprint density at radius 3 is 2.53 bits per heavy atom. The number of carboxylic acids is 2. The van der Waals surface area contributed by atoms with E-state index in [1.165, 1.54) is 0 Å². The van der Waals surface area contributed by atoms with Gasteiger partial charge in [-0.05, 0) is 30.5 Å². The van der Waals surface area contributed by atoms with Gasteiger partial charge < -0.3 is 10.2 Å². The number of hydrogen-bond acceptors (Lipinski definition) is 2. The van der Waals surface area contributed by atoms with Gasteiger partial charge >= 0.3 is 11.9 Å². The van der Waals surface area contributed by atoms with Crippen molar-refractivity contribution in [1.29, 1.82) is 0 Å². The van der Waals surface area contributed by atoms with Crippen molar-refractivity contribution in [2.45, 2.75) is 19.3 Å². The van der Waals surface area contributed by atoms with E-state index in [9.17, 15) is 9.59 Å². The lowest BCUT2D eigenvalue weighted by atomic mass is 9.95. The third-order valence-corrected chi connectivity index (χ3v) is 2.92. The van der Waals surface area contributed by atoms with Gasteiger partial charge in [0.05, 0.1) is 5.92 Å². The van der Waals surface area contributed by atoms with Crippen LogP contribution in [0.25, 0.3) is 0 Å². The van der Waals surface area contributed by atoms with E-state index in [2.05, 4.69) is 15.9 Å². The summed E-state index contributed by atoms with van der Waals surface area (Å²) in [7, 11) is 0. The van der Waals surface area contributed by atoms with E-state index in [1.54, 1.807) is 0 Å². The Labute approximate surface area is 107 Å². The van der Waals surface area contributed by atoms with Crippen LogP contribution in [0, 0.1) is 5.92 Å². The highest BCUT2D eigenvalue weighted by atomic mass is 79.9. The van der Waals surface area contributed by atoms with Crippen LogP contribution in [0.2, 0.25) is 0 Å². The Hall–Kier alpha value is -1.36. The normalized spacial score (nSPS) is 12.1. The Balaban J connectivity index is 2.66. The first-order valence-electron chi connectivity index (χ1n) is 5.18. The summed E-state index contributed by atoms with van der Waals surface area (Å²) < 4.78 is 0.886. The molecule has 17 heavy (non-hydrogen) atoms. The van der Waals surface area contributed by atoms with Gasteiger partial charge in [0, 0.05) is 10.9 Å². The molecule has 0 radical (unpaired) electrons. The average Bonchev–Trinajstić information content (AvgIpc) is 2.23. The van der Waals surface area contributed by atoms with E-state index in [0.29, 0.717) is 6.42 Å². The van der Waals surface area contributed by atoms with E-state index in [4.69, 9.17) is 10.2 Å². The molecule has 0 fully saturated rings. The molecule has 1 aromatic carbocycles. The van der Waals surface area contributed by atoms with Gasteiger partial charge in [-0.2, -0.15) is 0 Å². The molecule has 0 amide bonds. The molecule has 0 aromatic heterocycles. The van der Waals surface area contributed by atoms with Crippen LogP contribution in [-0.4, -0.2) is 22.2 Å². The van der Waals surface area contributed by atoms with Crippen LogP contribution in [-0.2, 0) is 16.0 Å². The minimum absolute atomic E-state index is 0.120. The number of aliphatic carboxylic acids is 2. The van der Waals surface area contributed by atoms with E-state index in [0.717, 1.165) is 10.0 Å². The molecule has 1 unspecified atom stereocenters. The molecule has 1 atom stereocenters. The molecular formula is C12H13BrO4. The number of benzene rings is 1. The van der Waals surface area contributed by atoms with Gasteiger partial charge in [-0.25, -0.2) is 0 Å². The van der Waals surface area contributed by atoms with E-state index in [-0.39, 0.29) is 12.8 Å². The lowest BCUT2D eigenvalue weighted by molar-refractivity contribution is -0.142. The molecule has 0 saturated heterocycles. The van der Waals surface area contributed by atoms with Gasteiger partial charge in [0.15, 0.2) is 0 Å². The van der Waals surface area contributed by atoms with Gasteiger partial charge in [-0.3, -0.25) is 9.59 Å². The minimum Gasteiger partial charge on any atom is -0.481 e. The van der Waals surface area contributed by atoms with Crippen molar-refractivity contribution in [3.63, 3.8) is 0 Å². The molecule has 5 heteroatoms. The summed E-state index contributed by atoms with van der Waals surface area (Å²) in [5.74, 6) is -2.57. The van der Waals surface area contributed by atoms with Gasteiger partial charge in [-0.15, -0.1) is 0 Å². The summed E-state index contributed by atoms with van der Waals surface area (Å²) in [5, 5.41) is 17.6. The molecule has 92 valence electrons. The number of carbonyl (C=O) groups is 2. The Bertz CT molecular complexity index is 417. The highest BCUT2D eigenvalue weighted by Crippen LogP contribution is 2.18. The van der Waals surface area contributed by atoms with Crippen LogP contribution < -0.4 is 0 Å². The number of hydrogen-bond donors (Lipinski definition) is 2. The van der Waals surface area contributed by atoms with E-state index in [1.807, 2.05) is 24.3 Å². The van der Waals surface area contributed by atoms with Crippen LogP contribution in [0.3, 0.4) is 0 Å². The maximum atomic E-state index is 11.0. The Morgan fingerprint density at radius 2 is 2.00 bits per heavy atom. The van der Waals surface area contributed by atoms with Crippen LogP contribution in [0.5, 0.6) is 0 Å². The number of carboxylic acid groups (broad SMARTS) is 2. The first-order valence-corrected chi connectivity index (χ1v) is 5.97. The van der Waals surface area contributed by atoms with E-state index >= 15 is 0 Å². The van der Waals surface area contributed by atoms with Crippen molar-refractivity contribution in [2.75, 3.05) is 0 Å². The molecular weight excluding hydrogens is 288 g/mol. The highest BCUT2D eigenvalue weighted by Gasteiger charge is 2.19. The lowest BCUT2D eigenvalue weighted by Crippen LogP contribution is -2.17. The molecule has 0 aliphatic heterocycles. The van der Waals surface area contributed by atoms with Crippen molar-refractivity contribution in [1.82, 2.24) is 0 Å². The van der Waals surface area contributed by atoms with Crippen LogP contribution in [0.4, 0.5) is 0 Å². The zero-order valence-corrected chi connectivity index (χ0v) is 10.7. The average molecular weight is 301 g/mol. The summed E-state index contributed by atoms with van der Waals surface area (Å²) in [4.78, 5) is 21.4. The molecule has 1 aromatic rings. The summed E-state index contributed by atoms with van der Waals surface area (Å²) >= 11 is 3.31. The first kappa shape index (κ1) is 13.7. The molecule has 0 spiro atoms. The predicted octanol–water partition coefficient (Wildman–Crippen LogP) is 2.56. The lowest BCUT2D eigenvalue weighted by Gasteiger charge is -2.11. The van der Waals surface area contributed by atoms with Crippen LogP contribution in [0.1, 0.15) is 18.4 Å². The fraction of sp³-hybridized carbons (Fsp3) is 0.333. The highest BCUT2D eigenvalue weighted by molar-refractivity contribution is 9.10. The molecule has 0 aliphatic carbocycles. The number of rotatable bonds is 6. The Morgan fingerprint density at radius 1 is 1.29 bits per heavy atom. The van der Waals surface area contributed by atoms with Crippen molar-refractivity contribution >= 4 is 27.9 Å². The molecule has 0 saturated carbocycles. The summed E-state index contributed by atoms with van der Waals surface area (Å²) in [6, 6.07) is 7.37. The second kappa shape index (κ2) is 6.39. The topological polar surface area (TPSA) is 74.6 Å². The van der Waals surface area contributed by atoms with Crippen molar-refractivity contribution < 1.29 is 19.8 Å². The largest absolute Gasteiger partial charge is 0.481 e. The number of halogens is 1. The monoisotopic (exact) mass is 300 g/mol. The van der Waals surface area contributed by atoms with Crippen molar-refractivity contribution in [3.05, 3.63) is 34.3 Å². The van der Waals surface area contributed by atoms with Crippen molar-refractivity contribution in [2.24, 2.45) is 5.92 Å². The van der Waals surface area contributed by atoms with Crippen LogP contribution >= 0.6 is 15.9 Å². The molecule has 0 heterocycles. The van der Waals surface area contributed by atoms with Gasteiger partial charge in [0.2, 0.25) is 0 Å². The first-order chi connectivity index (χ1) is 7.99. The summed E-state index contributed by atoms with van der Waals surface area (Å²) in [6.45, 7) is 0. The summed E-state index contributed by atoms with van der Waals surface area (Å²) in [5.41, 5.74) is 0.886. The maximum Gasteiger partial charge on any atom is 0.306 e. The quantitative estimate of drug-likeness (QED) is 0.847. The molecule has 4 nitrogen and oxygen atoms in total. The zero-order chi connectivity index (χ0) is 12.8. The third-order valence-electron chi connectivity index (χ3n) is 2.43. The predicted molar refractivity (Wildman–Crippen MR) is 65.8 cm³/mol. The zero-order valence-electron chi connectivity index (χ0n) is 9.10. The molecule has 0 bridgehead atoms. The van der Waals surface area contributed by atoms with Gasteiger partial charge in [-0.1, -0.05) is 28.1 Å². The van der Waals surface area contributed by atoms with E-state index < -0.39 is 17.9 Å². The van der Waals surface area contributed by atoms with Crippen molar-refractivity contribution in [3.8, 4) is 0 Å². The minimum atomic E-state index is -0.967. The molecule has 1 rings (SSSR count).